The lowest BCUT2D eigenvalue weighted by Crippen LogP contribution is -2.47. The third-order valence-corrected chi connectivity index (χ3v) is 5.12. The van der Waals surface area contributed by atoms with Crippen LogP contribution in [0.2, 0.25) is 0 Å². The monoisotopic (exact) mass is 382 g/mol. The Balaban J connectivity index is 1.58. The number of ether oxygens (including phenoxy) is 3. The highest BCUT2D eigenvalue weighted by molar-refractivity contribution is 5.79. The first-order chi connectivity index (χ1) is 13.5. The molecule has 0 fully saturated rings. The van der Waals surface area contributed by atoms with E-state index in [1.54, 1.807) is 0 Å². The summed E-state index contributed by atoms with van der Waals surface area (Å²) >= 11 is 0. The van der Waals surface area contributed by atoms with Gasteiger partial charge in [-0.25, -0.2) is 0 Å². The van der Waals surface area contributed by atoms with E-state index in [0.717, 1.165) is 34.7 Å². The normalized spacial score (nSPS) is 17.9. The summed E-state index contributed by atoms with van der Waals surface area (Å²) in [5, 5.41) is 0. The summed E-state index contributed by atoms with van der Waals surface area (Å²) in [6, 6.07) is 11.8. The van der Waals surface area contributed by atoms with Crippen molar-refractivity contribution in [2.45, 2.75) is 25.9 Å². The number of carbonyl (C=O) groups excluding carboxylic acids is 1. The molecule has 0 saturated carbocycles. The van der Waals surface area contributed by atoms with Gasteiger partial charge in [-0.3, -0.25) is 4.79 Å². The quantitative estimate of drug-likeness (QED) is 0.814. The lowest BCUT2D eigenvalue weighted by atomic mass is 10.1. The largest absolute Gasteiger partial charge is 0.491 e. The van der Waals surface area contributed by atoms with E-state index < -0.39 is 0 Å². The predicted octanol–water partition coefficient (Wildman–Crippen LogP) is 2.62. The third-order valence-electron chi connectivity index (χ3n) is 5.12. The maximum atomic E-state index is 13.3. The highest BCUT2D eigenvalue weighted by Gasteiger charge is 2.29. The molecular formula is C22H26N2O4. The molecule has 2 aliphatic heterocycles. The number of benzene rings is 2. The van der Waals surface area contributed by atoms with E-state index >= 15 is 0 Å². The van der Waals surface area contributed by atoms with Gasteiger partial charge in [0, 0.05) is 18.7 Å². The van der Waals surface area contributed by atoms with Crippen LogP contribution in [-0.4, -0.2) is 55.8 Å². The highest BCUT2D eigenvalue weighted by Crippen LogP contribution is 2.33. The van der Waals surface area contributed by atoms with Crippen LogP contribution in [0.1, 0.15) is 16.7 Å². The molecule has 1 amide bonds. The zero-order chi connectivity index (χ0) is 19.7. The molecule has 0 aliphatic carbocycles. The molecule has 2 heterocycles. The van der Waals surface area contributed by atoms with Gasteiger partial charge in [0.2, 0.25) is 12.7 Å². The smallest absolute Gasteiger partial charge is 0.231 e. The molecule has 2 aromatic rings. The summed E-state index contributed by atoms with van der Waals surface area (Å²) in [5.74, 6) is 2.39. The van der Waals surface area contributed by atoms with Crippen LogP contribution in [0.25, 0.3) is 0 Å². The molecule has 0 saturated heterocycles. The van der Waals surface area contributed by atoms with Gasteiger partial charge in [0.15, 0.2) is 11.5 Å². The van der Waals surface area contributed by atoms with Crippen LogP contribution in [0.15, 0.2) is 36.4 Å². The Hall–Kier alpha value is -2.73. The van der Waals surface area contributed by atoms with Crippen molar-refractivity contribution >= 4 is 5.91 Å². The van der Waals surface area contributed by atoms with Crippen LogP contribution < -0.4 is 14.2 Å². The number of carbonyl (C=O) groups is 1. The van der Waals surface area contributed by atoms with Crippen LogP contribution in [-0.2, 0) is 17.8 Å². The Labute approximate surface area is 165 Å². The van der Waals surface area contributed by atoms with Gasteiger partial charge >= 0.3 is 0 Å². The van der Waals surface area contributed by atoms with E-state index in [-0.39, 0.29) is 18.7 Å². The number of hydrogen-bond donors (Lipinski definition) is 0. The van der Waals surface area contributed by atoms with E-state index in [4.69, 9.17) is 14.2 Å². The van der Waals surface area contributed by atoms with Crippen LogP contribution in [0.3, 0.4) is 0 Å². The van der Waals surface area contributed by atoms with Crippen molar-refractivity contribution in [1.82, 2.24) is 9.80 Å². The maximum Gasteiger partial charge on any atom is 0.231 e. The molecule has 28 heavy (non-hydrogen) atoms. The van der Waals surface area contributed by atoms with Crippen LogP contribution >= 0.6 is 0 Å². The van der Waals surface area contributed by atoms with Crippen molar-refractivity contribution in [1.29, 1.82) is 0 Å². The average molecular weight is 382 g/mol. The minimum Gasteiger partial charge on any atom is -0.491 e. The van der Waals surface area contributed by atoms with Gasteiger partial charge in [-0.15, -0.1) is 0 Å². The summed E-state index contributed by atoms with van der Waals surface area (Å²) in [6.07, 6.45) is 0.321. The highest BCUT2D eigenvalue weighted by atomic mass is 16.7. The fraction of sp³-hybridized carbons (Fsp3) is 0.409. The minimum absolute atomic E-state index is 0.00998. The van der Waals surface area contributed by atoms with Crippen molar-refractivity contribution in [3.8, 4) is 17.2 Å². The summed E-state index contributed by atoms with van der Waals surface area (Å²) in [5.41, 5.74) is 3.14. The second-order valence-corrected chi connectivity index (χ2v) is 7.72. The number of nitrogens with zero attached hydrogens (tertiary/aromatic N) is 2. The first-order valence-corrected chi connectivity index (χ1v) is 9.54. The molecule has 6 nitrogen and oxygen atoms in total. The zero-order valence-corrected chi connectivity index (χ0v) is 16.6. The van der Waals surface area contributed by atoms with E-state index in [2.05, 4.69) is 17.9 Å². The Morgan fingerprint density at radius 3 is 2.68 bits per heavy atom. The maximum absolute atomic E-state index is 13.3. The van der Waals surface area contributed by atoms with Crippen molar-refractivity contribution < 1.29 is 19.0 Å². The van der Waals surface area contributed by atoms with E-state index in [1.807, 2.05) is 49.3 Å². The number of aryl methyl sites for hydroxylation is 1. The first kappa shape index (κ1) is 18.6. The zero-order valence-electron chi connectivity index (χ0n) is 16.6. The predicted molar refractivity (Wildman–Crippen MR) is 106 cm³/mol. The van der Waals surface area contributed by atoms with E-state index in [0.29, 0.717) is 25.3 Å². The van der Waals surface area contributed by atoms with Gasteiger partial charge in [0.1, 0.15) is 12.4 Å². The summed E-state index contributed by atoms with van der Waals surface area (Å²) in [4.78, 5) is 17.3. The molecule has 0 radical (unpaired) electrons. The van der Waals surface area contributed by atoms with Crippen molar-refractivity contribution in [3.05, 3.63) is 53.1 Å². The minimum atomic E-state index is -0.00998. The van der Waals surface area contributed by atoms with Gasteiger partial charge < -0.3 is 24.0 Å². The van der Waals surface area contributed by atoms with Crippen LogP contribution in [0.5, 0.6) is 17.2 Å². The van der Waals surface area contributed by atoms with Crippen molar-refractivity contribution in [2.24, 2.45) is 0 Å². The summed E-state index contributed by atoms with van der Waals surface area (Å²) < 4.78 is 16.9. The second kappa shape index (κ2) is 7.72. The number of hydrogen-bond acceptors (Lipinski definition) is 5. The topological polar surface area (TPSA) is 51.2 Å². The van der Waals surface area contributed by atoms with Crippen LogP contribution in [0, 0.1) is 6.92 Å². The SMILES string of the molecule is Cc1ccc2c(c1)CN(C(=O)Cc1ccc3c(c1)OCO3)[C@H](CN(C)C)CO2. The van der Waals surface area contributed by atoms with Crippen LogP contribution in [0.4, 0.5) is 0 Å². The Morgan fingerprint density at radius 1 is 1.07 bits per heavy atom. The molecule has 0 spiro atoms. The lowest BCUT2D eigenvalue weighted by molar-refractivity contribution is -0.134. The molecule has 1 atom stereocenters. The number of likely N-dealkylation sites (N-methyl/N-ethyl adjacent to an activating group) is 1. The lowest BCUT2D eigenvalue weighted by Gasteiger charge is -2.31. The van der Waals surface area contributed by atoms with Crippen molar-refractivity contribution in [3.63, 3.8) is 0 Å². The van der Waals surface area contributed by atoms with Gasteiger partial charge in [-0.2, -0.15) is 0 Å². The van der Waals surface area contributed by atoms with E-state index in [1.165, 1.54) is 0 Å². The standard InChI is InChI=1S/C22H26N2O4/c1-15-4-6-19-17(8-15)11-24(18(13-26-19)12-23(2)3)22(25)10-16-5-7-20-21(9-16)28-14-27-20/h4-9,18H,10-14H2,1-3H3/t18-/m1/s1. The molecular weight excluding hydrogens is 356 g/mol. The summed E-state index contributed by atoms with van der Waals surface area (Å²) in [7, 11) is 4.03. The molecule has 2 aromatic carbocycles. The molecule has 0 unspecified atom stereocenters. The molecule has 6 heteroatoms. The number of amides is 1. The van der Waals surface area contributed by atoms with Gasteiger partial charge in [0.25, 0.3) is 0 Å². The second-order valence-electron chi connectivity index (χ2n) is 7.72. The Bertz CT molecular complexity index is 881. The molecule has 0 N–H and O–H groups in total. The van der Waals surface area contributed by atoms with Crippen molar-refractivity contribution in [2.75, 3.05) is 34.0 Å². The summed E-state index contributed by atoms with van der Waals surface area (Å²) in [6.45, 7) is 4.08. The van der Waals surface area contributed by atoms with Gasteiger partial charge in [-0.1, -0.05) is 23.8 Å². The first-order valence-electron chi connectivity index (χ1n) is 9.54. The Kier molecular flexibility index (Phi) is 5.13. The fourth-order valence-electron chi connectivity index (χ4n) is 3.75. The fourth-order valence-corrected chi connectivity index (χ4v) is 3.75. The molecule has 0 bridgehead atoms. The average Bonchev–Trinajstić information content (AvgIpc) is 3.04. The van der Waals surface area contributed by atoms with Gasteiger partial charge in [0.05, 0.1) is 12.5 Å². The number of rotatable bonds is 4. The third kappa shape index (κ3) is 3.92. The molecule has 2 aliphatic rings. The number of fused-ring (bicyclic) bond motifs is 2. The Morgan fingerprint density at radius 2 is 1.86 bits per heavy atom. The molecule has 4 rings (SSSR count). The molecule has 0 aromatic heterocycles. The van der Waals surface area contributed by atoms with E-state index in [9.17, 15) is 4.79 Å². The molecule has 148 valence electrons. The van der Waals surface area contributed by atoms with Gasteiger partial charge in [-0.05, 0) is 44.8 Å².